The normalized spacial score (nSPS) is 35.2. The summed E-state index contributed by atoms with van der Waals surface area (Å²) < 4.78 is 6.05. The van der Waals surface area contributed by atoms with Crippen LogP contribution in [-0.4, -0.2) is 12.1 Å². The number of ether oxygens (including phenoxy) is 1. The highest BCUT2D eigenvalue weighted by Gasteiger charge is 2.61. The first-order valence-electron chi connectivity index (χ1n) is 17.7. The lowest BCUT2D eigenvalue weighted by molar-refractivity contribution is -0.135. The molecular formula is C39H63N3O2. The van der Waals surface area contributed by atoms with Crippen LogP contribution < -0.4 is 17.2 Å². The molecule has 6 N–H and O–H groups in total. The average Bonchev–Trinajstić information content (AvgIpc) is 3.37. The second-order valence-corrected chi connectivity index (χ2v) is 15.5. The third-order valence-electron chi connectivity index (χ3n) is 12.9. The maximum absolute atomic E-state index is 12.9. The zero-order valence-corrected chi connectivity index (χ0v) is 29.0. The van der Waals surface area contributed by atoms with Gasteiger partial charge in [0.25, 0.3) is 0 Å². The number of fused-ring (bicyclic) bond motifs is 5. The maximum atomic E-state index is 12.9. The van der Waals surface area contributed by atoms with E-state index in [0.717, 1.165) is 48.1 Å². The summed E-state index contributed by atoms with van der Waals surface area (Å²) in [7, 11) is 0. The number of carbonyl (C=O) groups excluding carboxylic acids is 1. The van der Waals surface area contributed by atoms with E-state index in [-0.39, 0.29) is 12.1 Å². The van der Waals surface area contributed by atoms with E-state index < -0.39 is 0 Å². The van der Waals surface area contributed by atoms with Gasteiger partial charge in [0.05, 0.1) is 5.56 Å². The predicted molar refractivity (Wildman–Crippen MR) is 186 cm³/mol. The largest absolute Gasteiger partial charge is 0.459 e. The van der Waals surface area contributed by atoms with Crippen LogP contribution in [0, 0.1) is 46.3 Å². The van der Waals surface area contributed by atoms with Gasteiger partial charge >= 0.3 is 5.97 Å². The summed E-state index contributed by atoms with van der Waals surface area (Å²) in [6.07, 6.45) is 19.9. The molecule has 5 heteroatoms. The van der Waals surface area contributed by atoms with Crippen LogP contribution in [0.3, 0.4) is 0 Å². The van der Waals surface area contributed by atoms with E-state index in [1.165, 1.54) is 69.8 Å². The van der Waals surface area contributed by atoms with Crippen molar-refractivity contribution in [1.82, 2.24) is 0 Å². The summed E-state index contributed by atoms with van der Waals surface area (Å²) in [6, 6.07) is 5.03. The monoisotopic (exact) mass is 605 g/mol. The molecule has 0 spiro atoms. The van der Waals surface area contributed by atoms with Gasteiger partial charge in [0.1, 0.15) is 6.10 Å². The van der Waals surface area contributed by atoms with Crippen molar-refractivity contribution in [3.05, 3.63) is 47.2 Å². The molecule has 9 atom stereocenters. The van der Waals surface area contributed by atoms with Gasteiger partial charge in [-0.3, -0.25) is 0 Å². The molecule has 5 nitrogen and oxygen atoms in total. The van der Waals surface area contributed by atoms with Gasteiger partial charge in [-0.05, 0) is 169 Å². The molecule has 4 saturated carbocycles. The van der Waals surface area contributed by atoms with Gasteiger partial charge in [-0.1, -0.05) is 38.5 Å². The maximum Gasteiger partial charge on any atom is 0.338 e. The Morgan fingerprint density at radius 2 is 1.68 bits per heavy atom. The first kappa shape index (κ1) is 34.4. The number of allylic oxidation sites excluding steroid dienone is 4. The van der Waals surface area contributed by atoms with Gasteiger partial charge in [-0.25, -0.2) is 4.79 Å². The van der Waals surface area contributed by atoms with Gasteiger partial charge in [-0.2, -0.15) is 0 Å². The Morgan fingerprint density at radius 1 is 1.00 bits per heavy atom. The Balaban J connectivity index is 0.000000818. The number of nitrogens with two attached hydrogens (primary N) is 3. The lowest BCUT2D eigenvalue weighted by atomic mass is 9.43. The molecule has 1 aromatic rings. The highest BCUT2D eigenvalue weighted by atomic mass is 16.5. The quantitative estimate of drug-likeness (QED) is 0.163. The number of rotatable bonds is 7. The van der Waals surface area contributed by atoms with Crippen LogP contribution in [-0.2, 0) is 4.74 Å². The molecule has 0 radical (unpaired) electrons. The van der Waals surface area contributed by atoms with Crippen molar-refractivity contribution in [3.8, 4) is 0 Å². The van der Waals surface area contributed by atoms with E-state index in [1.807, 2.05) is 19.9 Å². The number of hydrogen-bond acceptors (Lipinski definition) is 5. The molecule has 0 amide bonds. The van der Waals surface area contributed by atoms with Crippen LogP contribution in [0.15, 0.2) is 41.6 Å². The number of benzene rings is 1. The van der Waals surface area contributed by atoms with Gasteiger partial charge in [0.2, 0.25) is 0 Å². The third kappa shape index (κ3) is 7.18. The zero-order valence-electron chi connectivity index (χ0n) is 29.0. The van der Waals surface area contributed by atoms with Crippen molar-refractivity contribution in [2.45, 2.75) is 132 Å². The second-order valence-electron chi connectivity index (χ2n) is 15.5. The van der Waals surface area contributed by atoms with E-state index in [1.54, 1.807) is 18.2 Å². The molecule has 0 bridgehead atoms. The summed E-state index contributed by atoms with van der Waals surface area (Å²) in [5.74, 6) is 4.76. The summed E-state index contributed by atoms with van der Waals surface area (Å²) >= 11 is 0. The minimum absolute atomic E-state index is 0.00520. The average molecular weight is 606 g/mol. The van der Waals surface area contributed by atoms with Crippen LogP contribution in [0.25, 0.3) is 0 Å². The highest BCUT2D eigenvalue weighted by Crippen LogP contribution is 2.69. The summed E-state index contributed by atoms with van der Waals surface area (Å²) in [6.45, 7) is 15.9. The Labute approximate surface area is 268 Å². The molecule has 0 aliphatic heterocycles. The lowest BCUT2D eigenvalue weighted by Crippen LogP contribution is -2.55. The first-order valence-corrected chi connectivity index (χ1v) is 17.7. The van der Waals surface area contributed by atoms with Gasteiger partial charge in [-0.15, -0.1) is 0 Å². The molecule has 5 rings (SSSR count). The Hall–Kier alpha value is -2.43. The molecule has 0 heterocycles. The first-order chi connectivity index (χ1) is 20.8. The molecule has 246 valence electrons. The second kappa shape index (κ2) is 14.3. The van der Waals surface area contributed by atoms with Crippen molar-refractivity contribution < 1.29 is 9.53 Å². The van der Waals surface area contributed by atoms with Gasteiger partial charge in [0, 0.05) is 17.1 Å². The molecule has 4 aliphatic carbocycles. The number of anilines is 2. The summed E-state index contributed by atoms with van der Waals surface area (Å²) in [5, 5.41) is 0. The predicted octanol–water partition coefficient (Wildman–Crippen LogP) is 9.68. The van der Waals surface area contributed by atoms with Crippen LogP contribution in [0.4, 0.5) is 11.4 Å². The molecule has 44 heavy (non-hydrogen) atoms. The fourth-order valence-corrected chi connectivity index (χ4v) is 10.6. The number of esters is 1. The summed E-state index contributed by atoms with van der Waals surface area (Å²) in [5.41, 5.74) is 21.8. The number of hydrogen-bond donors (Lipinski definition) is 3. The molecule has 4 fully saturated rings. The van der Waals surface area contributed by atoms with Crippen molar-refractivity contribution in [2.24, 2.45) is 52.1 Å². The number of carbonyl (C=O) groups is 1. The fourth-order valence-electron chi connectivity index (χ4n) is 10.6. The molecule has 4 aliphatic rings. The van der Waals surface area contributed by atoms with E-state index in [4.69, 9.17) is 21.9 Å². The van der Waals surface area contributed by atoms with Crippen molar-refractivity contribution in [3.63, 3.8) is 0 Å². The van der Waals surface area contributed by atoms with E-state index in [2.05, 4.69) is 40.7 Å². The van der Waals surface area contributed by atoms with E-state index in [9.17, 15) is 4.79 Å². The minimum Gasteiger partial charge on any atom is -0.459 e. The van der Waals surface area contributed by atoms with Crippen LogP contribution in [0.5, 0.6) is 0 Å². The smallest absolute Gasteiger partial charge is 0.338 e. The zero-order chi connectivity index (χ0) is 32.2. The SMILES string of the molecule is C/C=C(\C)N.CCC12CCC3C(CCC4CC(OC(=O)c5cc(N)cc(N)c5)CCC43C)C1CCC2C(C)CCC=C(C)C. The highest BCUT2D eigenvalue weighted by molar-refractivity contribution is 5.91. The van der Waals surface area contributed by atoms with Crippen LogP contribution >= 0.6 is 0 Å². The van der Waals surface area contributed by atoms with Gasteiger partial charge in [0.15, 0.2) is 0 Å². The molecule has 1 aromatic carbocycles. The minimum atomic E-state index is -0.280. The topological polar surface area (TPSA) is 104 Å². The van der Waals surface area contributed by atoms with Gasteiger partial charge < -0.3 is 21.9 Å². The number of nitrogen functional groups attached to an aromatic ring is 2. The van der Waals surface area contributed by atoms with Crippen LogP contribution in [0.1, 0.15) is 136 Å². The molecule has 0 saturated heterocycles. The Kier molecular flexibility index (Phi) is 11.2. The molecule has 0 aromatic heterocycles. The van der Waals surface area contributed by atoms with Crippen molar-refractivity contribution in [1.29, 1.82) is 0 Å². The fraction of sp³-hybridized carbons (Fsp3) is 0.718. The third-order valence-corrected chi connectivity index (χ3v) is 12.9. The van der Waals surface area contributed by atoms with Crippen molar-refractivity contribution >= 4 is 17.3 Å². The Bertz CT molecular complexity index is 1180. The standard InChI is InChI=1S/C35H54N2O2.C4H9N/c1-6-35-17-15-31-29(32(35)13-12-30(35)23(4)9-7-8-22(2)3)11-10-25-20-28(14-16-34(25,31)5)39-33(38)24-18-26(36)21-27(37)19-24;1-3-4(2)5/h8,18-19,21,23,25,28-32H,6-7,9-17,20,36-37H2,1-5H3;3H,5H2,1-2H3/b;4-3+. The summed E-state index contributed by atoms with van der Waals surface area (Å²) in [4.78, 5) is 12.9. The van der Waals surface area contributed by atoms with E-state index in [0.29, 0.717) is 33.7 Å². The Morgan fingerprint density at radius 3 is 2.30 bits per heavy atom. The van der Waals surface area contributed by atoms with Crippen LogP contribution in [0.2, 0.25) is 0 Å². The van der Waals surface area contributed by atoms with Crippen molar-refractivity contribution in [2.75, 3.05) is 11.5 Å². The molecule has 9 unspecified atom stereocenters. The lowest BCUT2D eigenvalue weighted by Gasteiger charge is -2.62. The molecular weight excluding hydrogens is 542 g/mol. The van der Waals surface area contributed by atoms with E-state index >= 15 is 0 Å².